The molecule has 2 heterocycles. The van der Waals surface area contributed by atoms with E-state index in [9.17, 15) is 9.59 Å². The molecule has 1 aliphatic heterocycles. The summed E-state index contributed by atoms with van der Waals surface area (Å²) in [6, 6.07) is 15.3. The first kappa shape index (κ1) is 27.0. The predicted octanol–water partition coefficient (Wildman–Crippen LogP) is 5.72. The molecule has 0 spiro atoms. The molecule has 0 saturated carbocycles. The largest absolute Gasteiger partial charge is 0.469 e. The lowest BCUT2D eigenvalue weighted by molar-refractivity contribution is -0.142. The summed E-state index contributed by atoms with van der Waals surface area (Å²) in [6.45, 7) is 2.95. The molecule has 3 aromatic rings. The van der Waals surface area contributed by atoms with Gasteiger partial charge in [-0.3, -0.25) is 9.59 Å². The minimum atomic E-state index is -1.10. The van der Waals surface area contributed by atoms with E-state index in [1.54, 1.807) is 6.07 Å². The third-order valence-electron chi connectivity index (χ3n) is 5.99. The number of benzene rings is 2. The van der Waals surface area contributed by atoms with Crippen molar-refractivity contribution in [3.05, 3.63) is 79.9 Å². The second-order valence-corrected chi connectivity index (χ2v) is 11.3. The van der Waals surface area contributed by atoms with Crippen molar-refractivity contribution >= 4 is 68.2 Å². The molecule has 1 amide bonds. The molecule has 1 fully saturated rings. The number of nitrogens with one attached hydrogen (secondary N) is 1. The van der Waals surface area contributed by atoms with Gasteiger partial charge in [-0.2, -0.15) is 11.3 Å². The monoisotopic (exact) mass is 608 g/mol. The van der Waals surface area contributed by atoms with Crippen LogP contribution in [0, 0.1) is 0 Å². The minimum absolute atomic E-state index is 0.0495. The van der Waals surface area contributed by atoms with E-state index in [-0.39, 0.29) is 18.1 Å². The Hall–Kier alpha value is -2.04. The molecule has 6 nitrogen and oxygen atoms in total. The van der Waals surface area contributed by atoms with Crippen molar-refractivity contribution in [1.29, 1.82) is 0 Å². The van der Waals surface area contributed by atoms with Gasteiger partial charge in [0.2, 0.25) is 5.91 Å². The third kappa shape index (κ3) is 6.26. The van der Waals surface area contributed by atoms with E-state index in [2.05, 4.69) is 26.1 Å². The number of carbonyl (C=O) groups is 2. The molecule has 4 rings (SSSR count). The lowest BCUT2D eigenvalue weighted by Gasteiger charge is -2.36. The molecule has 1 saturated heterocycles. The second-order valence-electron chi connectivity index (χ2n) is 8.20. The molecule has 0 radical (unpaired) electrons. The van der Waals surface area contributed by atoms with Crippen LogP contribution in [0.25, 0.3) is 0 Å². The van der Waals surface area contributed by atoms with Crippen LogP contribution in [0.1, 0.15) is 17.5 Å². The molecule has 190 valence electrons. The maximum atomic E-state index is 13.3. The summed E-state index contributed by atoms with van der Waals surface area (Å²) < 4.78 is 11.4. The summed E-state index contributed by atoms with van der Waals surface area (Å²) >= 11 is 12.9. The van der Waals surface area contributed by atoms with Gasteiger partial charge in [-0.1, -0.05) is 29.8 Å². The van der Waals surface area contributed by atoms with Crippen LogP contribution in [-0.4, -0.2) is 51.0 Å². The topological polar surface area (TPSA) is 67.9 Å². The van der Waals surface area contributed by atoms with Crippen LogP contribution in [0.5, 0.6) is 0 Å². The van der Waals surface area contributed by atoms with E-state index in [1.165, 1.54) is 30.2 Å². The van der Waals surface area contributed by atoms with E-state index < -0.39 is 11.5 Å². The third-order valence-corrected chi connectivity index (χ3v) is 8.83. The number of halogens is 2. The van der Waals surface area contributed by atoms with Gasteiger partial charge < -0.3 is 19.7 Å². The molecule has 0 bridgehead atoms. The second kappa shape index (κ2) is 12.5. The van der Waals surface area contributed by atoms with Crippen LogP contribution in [0.2, 0.25) is 5.02 Å². The van der Waals surface area contributed by atoms with Gasteiger partial charge in [0.1, 0.15) is 5.54 Å². The zero-order valence-electron chi connectivity index (χ0n) is 19.7. The Morgan fingerprint density at radius 1 is 1.19 bits per heavy atom. The van der Waals surface area contributed by atoms with Gasteiger partial charge in [-0.15, -0.1) is 11.8 Å². The number of thioether (sulfide) groups is 1. The maximum absolute atomic E-state index is 13.3. The quantitative estimate of drug-likeness (QED) is 0.247. The average Bonchev–Trinajstić information content (AvgIpc) is 3.44. The lowest BCUT2D eigenvalue weighted by atomic mass is 9.81. The number of thiophene rings is 1. The van der Waals surface area contributed by atoms with Gasteiger partial charge in [0, 0.05) is 22.5 Å². The Bertz CT molecular complexity index is 1200. The highest BCUT2D eigenvalue weighted by atomic mass is 79.9. The number of carbonyl (C=O) groups excluding carboxylic acids is 2. The molecule has 1 N–H and O–H groups in total. The van der Waals surface area contributed by atoms with E-state index in [0.717, 1.165) is 39.3 Å². The van der Waals surface area contributed by atoms with Crippen molar-refractivity contribution in [1.82, 2.24) is 5.32 Å². The molecule has 0 aliphatic carbocycles. The summed E-state index contributed by atoms with van der Waals surface area (Å²) in [5, 5.41) is 7.66. The molecular weight excluding hydrogens is 584 g/mol. The van der Waals surface area contributed by atoms with Crippen molar-refractivity contribution in [2.45, 2.75) is 16.9 Å². The molecule has 36 heavy (non-hydrogen) atoms. The van der Waals surface area contributed by atoms with Gasteiger partial charge >= 0.3 is 5.97 Å². The van der Waals surface area contributed by atoms with Crippen molar-refractivity contribution in [2.75, 3.05) is 44.1 Å². The summed E-state index contributed by atoms with van der Waals surface area (Å²) in [5.74, 6) is -0.499. The first-order chi connectivity index (χ1) is 17.4. The van der Waals surface area contributed by atoms with Crippen LogP contribution >= 0.6 is 50.6 Å². The zero-order chi connectivity index (χ0) is 25.5. The van der Waals surface area contributed by atoms with Crippen molar-refractivity contribution < 1.29 is 19.1 Å². The van der Waals surface area contributed by atoms with Crippen LogP contribution in [0.4, 0.5) is 5.69 Å². The van der Waals surface area contributed by atoms with Gasteiger partial charge in [-0.05, 0) is 68.1 Å². The molecule has 10 heteroatoms. The summed E-state index contributed by atoms with van der Waals surface area (Å²) in [7, 11) is 1.35. The molecule has 1 aliphatic rings. The SMILES string of the molecule is COC(=O)CC(NC(=O)CSc1ccccc1Cl)(c1ccsc1)c1ccc(N2CCOCC2)c(Br)c1. The van der Waals surface area contributed by atoms with Crippen molar-refractivity contribution in [3.8, 4) is 0 Å². The fourth-order valence-corrected chi connectivity index (χ4v) is 6.57. The molecule has 1 aromatic heterocycles. The Kier molecular flexibility index (Phi) is 9.35. The van der Waals surface area contributed by atoms with Gasteiger partial charge in [0.15, 0.2) is 0 Å². The lowest BCUT2D eigenvalue weighted by Crippen LogP contribution is -2.49. The smallest absolute Gasteiger partial charge is 0.308 e. The van der Waals surface area contributed by atoms with Crippen LogP contribution in [0.3, 0.4) is 0 Å². The van der Waals surface area contributed by atoms with Crippen molar-refractivity contribution in [3.63, 3.8) is 0 Å². The minimum Gasteiger partial charge on any atom is -0.469 e. The van der Waals surface area contributed by atoms with Crippen molar-refractivity contribution in [2.24, 2.45) is 0 Å². The fraction of sp³-hybridized carbons (Fsp3) is 0.308. The van der Waals surface area contributed by atoms with E-state index in [1.807, 2.05) is 53.2 Å². The molecule has 2 aromatic carbocycles. The van der Waals surface area contributed by atoms with E-state index in [4.69, 9.17) is 21.1 Å². The molecule has 1 unspecified atom stereocenters. The normalized spacial score (nSPS) is 15.2. The maximum Gasteiger partial charge on any atom is 0.308 e. The number of morpholine rings is 1. The summed E-state index contributed by atoms with van der Waals surface area (Å²) in [5.41, 5.74) is 1.54. The Labute approximate surface area is 232 Å². The number of ether oxygens (including phenoxy) is 2. The predicted molar refractivity (Wildman–Crippen MR) is 149 cm³/mol. The highest BCUT2D eigenvalue weighted by molar-refractivity contribution is 9.10. The van der Waals surface area contributed by atoms with Crippen LogP contribution < -0.4 is 10.2 Å². The highest BCUT2D eigenvalue weighted by Crippen LogP contribution is 2.39. The number of anilines is 1. The van der Waals surface area contributed by atoms with E-state index in [0.29, 0.717) is 18.2 Å². The Balaban J connectivity index is 1.68. The summed E-state index contributed by atoms with van der Waals surface area (Å²) in [6.07, 6.45) is -0.0495. The fourth-order valence-electron chi connectivity index (χ4n) is 4.17. The number of amides is 1. The molecular formula is C26H26BrClN2O4S2. The number of rotatable bonds is 9. The summed E-state index contributed by atoms with van der Waals surface area (Å²) in [4.78, 5) is 29.1. The number of hydrogen-bond donors (Lipinski definition) is 1. The number of nitrogens with zero attached hydrogens (tertiary/aromatic N) is 1. The molecule has 1 atom stereocenters. The Morgan fingerprint density at radius 2 is 1.97 bits per heavy atom. The zero-order valence-corrected chi connectivity index (χ0v) is 23.6. The first-order valence-electron chi connectivity index (χ1n) is 11.3. The average molecular weight is 610 g/mol. The first-order valence-corrected chi connectivity index (χ1v) is 14.4. The van der Waals surface area contributed by atoms with Crippen LogP contribution in [-0.2, 0) is 24.6 Å². The number of esters is 1. The van der Waals surface area contributed by atoms with Gasteiger partial charge in [0.05, 0.1) is 43.2 Å². The van der Waals surface area contributed by atoms with Gasteiger partial charge in [0.25, 0.3) is 0 Å². The number of hydrogen-bond acceptors (Lipinski definition) is 7. The highest BCUT2D eigenvalue weighted by Gasteiger charge is 2.39. The van der Waals surface area contributed by atoms with Crippen LogP contribution in [0.15, 0.2) is 68.7 Å². The standard InChI is InChI=1S/C26H26BrClN2O4S2/c1-33-25(32)15-26(19-8-13-35-16-19,29-24(31)17-36-23-5-3-2-4-21(23)28)18-6-7-22(20(27)14-18)30-9-11-34-12-10-30/h2-8,13-14,16H,9-12,15,17H2,1H3,(H,29,31). The van der Waals surface area contributed by atoms with Gasteiger partial charge in [-0.25, -0.2) is 0 Å². The Morgan fingerprint density at radius 3 is 2.64 bits per heavy atom. The van der Waals surface area contributed by atoms with E-state index >= 15 is 0 Å². The number of methoxy groups -OCH3 is 1.